The fraction of sp³-hybridized carbons (Fsp3) is 0.250. The Morgan fingerprint density at radius 2 is 1.92 bits per heavy atom. The average Bonchev–Trinajstić information content (AvgIpc) is 3.27. The number of rotatable bonds is 5. The summed E-state index contributed by atoms with van der Waals surface area (Å²) in [5.41, 5.74) is 5.55. The molecule has 5 rings (SSSR count). The van der Waals surface area contributed by atoms with Gasteiger partial charge in [-0.15, -0.1) is 0 Å². The Bertz CT molecular complexity index is 1060. The van der Waals surface area contributed by atoms with E-state index >= 15 is 0 Å². The highest BCUT2D eigenvalue weighted by atomic mass is 16.5. The molecule has 0 amide bonds. The number of hydrogen-bond donors (Lipinski definition) is 0. The van der Waals surface area contributed by atoms with E-state index in [1.807, 2.05) is 42.3 Å². The van der Waals surface area contributed by atoms with Crippen LogP contribution in [0.5, 0.6) is 5.75 Å². The highest BCUT2D eigenvalue weighted by molar-refractivity contribution is 5.73. The molecular weight excluding hydrogens is 326 g/mol. The van der Waals surface area contributed by atoms with Crippen LogP contribution in [0.3, 0.4) is 0 Å². The molecule has 1 aliphatic carbocycles. The third-order valence-corrected chi connectivity index (χ3v) is 4.80. The third-order valence-electron chi connectivity index (χ3n) is 4.80. The standard InChI is InChI=1S/C20H19N5O/c1-24-11-17(9-22-24)16-8-19(26-13-14-4-6-21-7-5-14)20-18(15-2-3-15)10-23-25(20)12-16/h4-12,15H,2-3,13H2,1H3. The lowest BCUT2D eigenvalue weighted by Gasteiger charge is -2.11. The molecule has 4 heterocycles. The van der Waals surface area contributed by atoms with Gasteiger partial charge in [-0.3, -0.25) is 9.67 Å². The van der Waals surface area contributed by atoms with E-state index in [0.29, 0.717) is 12.5 Å². The van der Waals surface area contributed by atoms with Crippen molar-refractivity contribution in [2.45, 2.75) is 25.4 Å². The molecule has 130 valence electrons. The molecule has 0 bridgehead atoms. The molecule has 0 unspecified atom stereocenters. The molecule has 0 N–H and O–H groups in total. The van der Waals surface area contributed by atoms with E-state index < -0.39 is 0 Å². The van der Waals surface area contributed by atoms with Gasteiger partial charge in [0.1, 0.15) is 17.9 Å². The molecule has 0 radical (unpaired) electrons. The SMILES string of the molecule is Cn1cc(-c2cc(OCc3ccncc3)c3c(C4CC4)cnn3c2)cn1. The van der Waals surface area contributed by atoms with Gasteiger partial charge in [-0.25, -0.2) is 4.52 Å². The number of ether oxygens (including phenoxy) is 1. The Morgan fingerprint density at radius 1 is 1.08 bits per heavy atom. The van der Waals surface area contributed by atoms with Crippen LogP contribution in [0.1, 0.15) is 29.9 Å². The van der Waals surface area contributed by atoms with Crippen molar-refractivity contribution in [1.82, 2.24) is 24.4 Å². The summed E-state index contributed by atoms with van der Waals surface area (Å²) in [5, 5.41) is 8.87. The van der Waals surface area contributed by atoms with Crippen molar-refractivity contribution in [1.29, 1.82) is 0 Å². The van der Waals surface area contributed by atoms with Crippen LogP contribution < -0.4 is 4.74 Å². The molecule has 0 saturated heterocycles. The highest BCUT2D eigenvalue weighted by Gasteiger charge is 2.28. The number of aryl methyl sites for hydroxylation is 1. The lowest BCUT2D eigenvalue weighted by Crippen LogP contribution is -2.00. The number of pyridine rings is 2. The van der Waals surface area contributed by atoms with Crippen molar-refractivity contribution in [2.75, 3.05) is 0 Å². The Kier molecular flexibility index (Phi) is 3.48. The van der Waals surface area contributed by atoms with Crippen LogP contribution >= 0.6 is 0 Å². The minimum atomic E-state index is 0.504. The Morgan fingerprint density at radius 3 is 2.65 bits per heavy atom. The van der Waals surface area contributed by atoms with Crippen molar-refractivity contribution in [3.63, 3.8) is 0 Å². The van der Waals surface area contributed by atoms with Crippen LogP contribution in [-0.4, -0.2) is 24.4 Å². The van der Waals surface area contributed by atoms with Gasteiger partial charge in [0.25, 0.3) is 0 Å². The van der Waals surface area contributed by atoms with E-state index in [-0.39, 0.29) is 0 Å². The highest BCUT2D eigenvalue weighted by Crippen LogP contribution is 2.44. The minimum Gasteiger partial charge on any atom is -0.487 e. The normalized spacial score (nSPS) is 14.0. The minimum absolute atomic E-state index is 0.504. The molecule has 1 saturated carbocycles. The van der Waals surface area contributed by atoms with E-state index in [2.05, 4.69) is 27.4 Å². The van der Waals surface area contributed by atoms with Crippen molar-refractivity contribution in [3.05, 3.63) is 66.5 Å². The van der Waals surface area contributed by atoms with Gasteiger partial charge in [0.05, 0.1) is 12.4 Å². The fourth-order valence-electron chi connectivity index (χ4n) is 3.28. The van der Waals surface area contributed by atoms with Gasteiger partial charge < -0.3 is 4.74 Å². The summed E-state index contributed by atoms with van der Waals surface area (Å²) in [6, 6.07) is 6.04. The number of aromatic nitrogens is 5. The third kappa shape index (κ3) is 2.73. The maximum Gasteiger partial charge on any atom is 0.146 e. The Hall–Kier alpha value is -3.15. The molecule has 1 aliphatic rings. The number of hydrogen-bond acceptors (Lipinski definition) is 4. The van der Waals surface area contributed by atoms with E-state index in [1.165, 1.54) is 18.4 Å². The van der Waals surface area contributed by atoms with E-state index in [1.54, 1.807) is 17.1 Å². The van der Waals surface area contributed by atoms with Crippen LogP contribution in [0.15, 0.2) is 55.4 Å². The van der Waals surface area contributed by atoms with E-state index in [0.717, 1.165) is 28.0 Å². The second-order valence-corrected chi connectivity index (χ2v) is 6.81. The summed E-state index contributed by atoms with van der Waals surface area (Å²) < 4.78 is 9.98. The van der Waals surface area contributed by atoms with E-state index in [9.17, 15) is 0 Å². The molecule has 1 fully saturated rings. The molecule has 4 aromatic heterocycles. The molecule has 6 heteroatoms. The summed E-state index contributed by atoms with van der Waals surface area (Å²) >= 11 is 0. The number of fused-ring (bicyclic) bond motifs is 1. The smallest absolute Gasteiger partial charge is 0.146 e. The monoisotopic (exact) mass is 345 g/mol. The molecular formula is C20H19N5O. The first kappa shape index (κ1) is 15.1. The Balaban J connectivity index is 1.59. The van der Waals surface area contributed by atoms with Crippen molar-refractivity contribution < 1.29 is 4.74 Å². The Labute approximate surface area is 151 Å². The van der Waals surface area contributed by atoms with Gasteiger partial charge in [-0.2, -0.15) is 10.2 Å². The molecule has 6 nitrogen and oxygen atoms in total. The fourth-order valence-corrected chi connectivity index (χ4v) is 3.28. The second-order valence-electron chi connectivity index (χ2n) is 6.81. The van der Waals surface area contributed by atoms with E-state index in [4.69, 9.17) is 4.74 Å². The van der Waals surface area contributed by atoms with Gasteiger partial charge in [-0.05, 0) is 42.5 Å². The first-order valence-electron chi connectivity index (χ1n) is 8.80. The van der Waals surface area contributed by atoms with Gasteiger partial charge in [0.2, 0.25) is 0 Å². The van der Waals surface area contributed by atoms with Crippen molar-refractivity contribution >= 4 is 5.52 Å². The molecule has 0 atom stereocenters. The van der Waals surface area contributed by atoms with Gasteiger partial charge in [0.15, 0.2) is 0 Å². The molecule has 0 aliphatic heterocycles. The van der Waals surface area contributed by atoms with Crippen LogP contribution in [0.2, 0.25) is 0 Å². The topological polar surface area (TPSA) is 57.2 Å². The zero-order valence-electron chi connectivity index (χ0n) is 14.5. The lowest BCUT2D eigenvalue weighted by molar-refractivity contribution is 0.308. The first-order valence-corrected chi connectivity index (χ1v) is 8.80. The van der Waals surface area contributed by atoms with Gasteiger partial charge >= 0.3 is 0 Å². The lowest BCUT2D eigenvalue weighted by atomic mass is 10.1. The first-order chi connectivity index (χ1) is 12.8. The molecule has 0 aromatic carbocycles. The zero-order valence-corrected chi connectivity index (χ0v) is 14.5. The van der Waals surface area contributed by atoms with Gasteiger partial charge in [-0.1, -0.05) is 0 Å². The average molecular weight is 345 g/mol. The molecule has 0 spiro atoms. The van der Waals surface area contributed by atoms with Crippen molar-refractivity contribution in [3.8, 4) is 16.9 Å². The van der Waals surface area contributed by atoms with Gasteiger partial charge in [0, 0.05) is 48.5 Å². The molecule has 26 heavy (non-hydrogen) atoms. The summed E-state index contributed by atoms with van der Waals surface area (Å²) in [4.78, 5) is 4.06. The quantitative estimate of drug-likeness (QED) is 0.555. The van der Waals surface area contributed by atoms with Crippen LogP contribution in [0.4, 0.5) is 0 Å². The maximum atomic E-state index is 6.24. The van der Waals surface area contributed by atoms with Crippen LogP contribution in [0, 0.1) is 0 Å². The van der Waals surface area contributed by atoms with Crippen LogP contribution in [0.25, 0.3) is 16.6 Å². The largest absolute Gasteiger partial charge is 0.487 e. The summed E-state index contributed by atoms with van der Waals surface area (Å²) in [6.07, 6.45) is 13.9. The second kappa shape index (κ2) is 5.98. The predicted octanol–water partition coefficient (Wildman–Crippen LogP) is 3.59. The predicted molar refractivity (Wildman–Crippen MR) is 97.9 cm³/mol. The zero-order chi connectivity index (χ0) is 17.5. The summed E-state index contributed by atoms with van der Waals surface area (Å²) in [5.74, 6) is 1.47. The van der Waals surface area contributed by atoms with Crippen molar-refractivity contribution in [2.24, 2.45) is 7.05 Å². The molecule has 4 aromatic rings. The number of nitrogens with zero attached hydrogens (tertiary/aromatic N) is 5. The summed E-state index contributed by atoms with van der Waals surface area (Å²) in [6.45, 7) is 0.504. The maximum absolute atomic E-state index is 6.24. The van der Waals surface area contributed by atoms with Crippen LogP contribution in [-0.2, 0) is 13.7 Å². The summed E-state index contributed by atoms with van der Waals surface area (Å²) in [7, 11) is 1.92.